The molecule has 9 nitrogen and oxygen atoms in total. The number of carbonyl (C=O) groups is 1. The summed E-state index contributed by atoms with van der Waals surface area (Å²) in [4.78, 5) is 13.1. The van der Waals surface area contributed by atoms with Crippen molar-refractivity contribution in [3.63, 3.8) is 0 Å². The molecule has 51 heavy (non-hydrogen) atoms. The summed E-state index contributed by atoms with van der Waals surface area (Å²) in [7, 11) is -5.87. The van der Waals surface area contributed by atoms with Gasteiger partial charge in [0.05, 0.1) is 24.0 Å². The van der Waals surface area contributed by atoms with Crippen molar-refractivity contribution in [2.75, 3.05) is 6.54 Å². The fourth-order valence-electron chi connectivity index (χ4n) is 5.42. The number of benzene rings is 4. The summed E-state index contributed by atoms with van der Waals surface area (Å²) < 4.78 is 35.2. The maximum atomic E-state index is 12.9. The molecule has 4 aromatic carbocycles. The second kappa shape index (κ2) is 17.6. The lowest BCUT2D eigenvalue weighted by Gasteiger charge is -2.40. The average Bonchev–Trinajstić information content (AvgIpc) is 3.09. The Hall–Kier alpha value is -3.84. The van der Waals surface area contributed by atoms with Crippen LogP contribution in [-0.4, -0.2) is 45.4 Å². The van der Waals surface area contributed by atoms with E-state index in [1.54, 1.807) is 30.3 Å². The van der Waals surface area contributed by atoms with Gasteiger partial charge in [0.25, 0.3) is 0 Å². The molecular formula is C40H53N3O6SSi. The van der Waals surface area contributed by atoms with Crippen molar-refractivity contribution in [3.05, 3.63) is 130 Å². The number of rotatable bonds is 17. The molecule has 274 valence electrons. The Morgan fingerprint density at radius 3 is 2.22 bits per heavy atom. The Balaban J connectivity index is 1.32. The molecule has 0 saturated heterocycles. The summed E-state index contributed by atoms with van der Waals surface area (Å²) in [6, 6.07) is 29.3. The summed E-state index contributed by atoms with van der Waals surface area (Å²) in [5, 5.41) is 26.5. The van der Waals surface area contributed by atoms with Gasteiger partial charge in [-0.25, -0.2) is 13.1 Å². The van der Waals surface area contributed by atoms with Gasteiger partial charge in [0.15, 0.2) is 8.32 Å². The van der Waals surface area contributed by atoms with E-state index < -0.39 is 18.3 Å². The van der Waals surface area contributed by atoms with E-state index in [1.165, 1.54) is 0 Å². The minimum atomic E-state index is -3.72. The number of amides is 1. The fraction of sp³-hybridized carbons (Fsp3) is 0.375. The standard InChI is InChI=1S/C40H53N3O6SSi/c1-29(41-27-38(49-51(5,6)40(2,3)4)34-18-19-37(45)35(24-34)28-44)20-31-14-10-15-32(21-31)23-39(46)42-25-33-16-11-17-36(22-33)50(47,48)43-26-30-12-8-7-9-13-30/h7-19,21-22,24,29,38,41,43-45H,20,23,25-28H2,1-6H3,(H,42,46)/t29-,38+/m1/s1. The number of sulfonamides is 1. The minimum absolute atomic E-state index is 0.00509. The summed E-state index contributed by atoms with van der Waals surface area (Å²) in [6.45, 7) is 13.8. The molecule has 0 spiro atoms. The summed E-state index contributed by atoms with van der Waals surface area (Å²) >= 11 is 0. The van der Waals surface area contributed by atoms with Crippen LogP contribution >= 0.6 is 0 Å². The molecule has 5 N–H and O–H groups in total. The summed E-state index contributed by atoms with van der Waals surface area (Å²) in [5.41, 5.74) is 4.91. The first-order valence-corrected chi connectivity index (χ1v) is 21.8. The van der Waals surface area contributed by atoms with E-state index >= 15 is 0 Å². The van der Waals surface area contributed by atoms with Crippen LogP contribution in [0.2, 0.25) is 18.1 Å². The largest absolute Gasteiger partial charge is 0.508 e. The number of aromatic hydroxyl groups is 1. The number of phenols is 1. The topological polar surface area (TPSA) is 137 Å². The van der Waals surface area contributed by atoms with Crippen LogP contribution in [-0.2, 0) is 51.8 Å². The molecule has 4 rings (SSSR count). The van der Waals surface area contributed by atoms with Crippen LogP contribution in [0.1, 0.15) is 67.2 Å². The number of aliphatic hydroxyl groups excluding tert-OH is 1. The molecule has 0 aliphatic carbocycles. The van der Waals surface area contributed by atoms with E-state index in [-0.39, 0.29) is 59.9 Å². The maximum Gasteiger partial charge on any atom is 0.240 e. The van der Waals surface area contributed by atoms with Gasteiger partial charge in [0, 0.05) is 31.2 Å². The highest BCUT2D eigenvalue weighted by atomic mass is 32.2. The lowest BCUT2D eigenvalue weighted by atomic mass is 10.0. The van der Waals surface area contributed by atoms with Crippen LogP contribution in [0.15, 0.2) is 102 Å². The van der Waals surface area contributed by atoms with Crippen molar-refractivity contribution in [3.8, 4) is 5.75 Å². The molecule has 0 aliphatic rings. The Kier molecular flexibility index (Phi) is 13.8. The van der Waals surface area contributed by atoms with Crippen molar-refractivity contribution in [2.45, 2.75) is 95.4 Å². The fourth-order valence-corrected chi connectivity index (χ4v) is 7.79. The Labute approximate surface area is 304 Å². The van der Waals surface area contributed by atoms with Gasteiger partial charge in [-0.2, -0.15) is 0 Å². The molecule has 11 heteroatoms. The van der Waals surface area contributed by atoms with E-state index in [1.807, 2.05) is 60.7 Å². The third-order valence-corrected chi connectivity index (χ3v) is 15.3. The van der Waals surface area contributed by atoms with Crippen molar-refractivity contribution in [2.24, 2.45) is 0 Å². The van der Waals surface area contributed by atoms with E-state index in [0.717, 1.165) is 28.7 Å². The molecule has 1 amide bonds. The smallest absolute Gasteiger partial charge is 0.240 e. The highest BCUT2D eigenvalue weighted by Gasteiger charge is 2.39. The second-order valence-corrected chi connectivity index (χ2v) is 21.2. The SMILES string of the molecule is C[C@H](Cc1cccc(CC(=O)NCc2cccc(S(=O)(=O)NCc3ccccc3)c2)c1)NC[C@H](O[Si](C)(C)C(C)(C)C)c1ccc(O)c(CO)c1. The summed E-state index contributed by atoms with van der Waals surface area (Å²) in [6.07, 6.45) is 0.669. The van der Waals surface area contributed by atoms with E-state index in [0.29, 0.717) is 17.7 Å². The molecule has 0 bridgehead atoms. The lowest BCUT2D eigenvalue weighted by molar-refractivity contribution is -0.120. The monoisotopic (exact) mass is 731 g/mol. The van der Waals surface area contributed by atoms with Crippen LogP contribution in [0.3, 0.4) is 0 Å². The first-order chi connectivity index (χ1) is 24.1. The van der Waals surface area contributed by atoms with Crippen LogP contribution in [0.25, 0.3) is 0 Å². The third-order valence-electron chi connectivity index (χ3n) is 9.45. The zero-order valence-corrected chi connectivity index (χ0v) is 32.4. The predicted octanol–water partition coefficient (Wildman–Crippen LogP) is 6.51. The van der Waals surface area contributed by atoms with Gasteiger partial charge < -0.3 is 25.3 Å². The quantitative estimate of drug-likeness (QED) is 0.0782. The molecule has 0 aromatic heterocycles. The first kappa shape index (κ1) is 39.9. The Bertz CT molecular complexity index is 1860. The Morgan fingerprint density at radius 2 is 1.51 bits per heavy atom. The Morgan fingerprint density at radius 1 is 0.843 bits per heavy atom. The van der Waals surface area contributed by atoms with E-state index in [9.17, 15) is 23.4 Å². The number of hydrogen-bond donors (Lipinski definition) is 5. The molecule has 0 radical (unpaired) electrons. The molecule has 0 aliphatic heterocycles. The summed E-state index contributed by atoms with van der Waals surface area (Å²) in [5.74, 6) is -0.0925. The molecule has 0 fully saturated rings. The van der Waals surface area contributed by atoms with Gasteiger partial charge in [-0.3, -0.25) is 4.79 Å². The highest BCUT2D eigenvalue weighted by molar-refractivity contribution is 7.89. The predicted molar refractivity (Wildman–Crippen MR) is 205 cm³/mol. The van der Waals surface area contributed by atoms with Crippen molar-refractivity contribution < 1.29 is 27.9 Å². The lowest BCUT2D eigenvalue weighted by Crippen LogP contribution is -2.44. The van der Waals surface area contributed by atoms with Gasteiger partial charge in [-0.05, 0) is 83.6 Å². The number of aliphatic hydroxyl groups is 1. The minimum Gasteiger partial charge on any atom is -0.508 e. The van der Waals surface area contributed by atoms with Crippen LogP contribution < -0.4 is 15.4 Å². The normalized spacial score (nSPS) is 13.5. The van der Waals surface area contributed by atoms with E-state index in [2.05, 4.69) is 62.2 Å². The maximum absolute atomic E-state index is 12.9. The van der Waals surface area contributed by atoms with Gasteiger partial charge in [0.1, 0.15) is 5.75 Å². The first-order valence-electron chi connectivity index (χ1n) is 17.4. The van der Waals surface area contributed by atoms with Gasteiger partial charge >= 0.3 is 0 Å². The zero-order valence-electron chi connectivity index (χ0n) is 30.6. The molecule has 2 atom stereocenters. The third kappa shape index (κ3) is 11.8. The molecule has 0 heterocycles. The average molecular weight is 732 g/mol. The van der Waals surface area contributed by atoms with E-state index in [4.69, 9.17) is 4.43 Å². The van der Waals surface area contributed by atoms with Crippen LogP contribution in [0, 0.1) is 0 Å². The molecule has 0 saturated carbocycles. The zero-order chi connectivity index (χ0) is 37.2. The highest BCUT2D eigenvalue weighted by Crippen LogP contribution is 2.40. The van der Waals surface area contributed by atoms with Crippen molar-refractivity contribution in [1.82, 2.24) is 15.4 Å². The van der Waals surface area contributed by atoms with Gasteiger partial charge in [-0.1, -0.05) is 93.6 Å². The van der Waals surface area contributed by atoms with Crippen molar-refractivity contribution >= 4 is 24.2 Å². The molecule has 0 unspecified atom stereocenters. The van der Waals surface area contributed by atoms with Crippen molar-refractivity contribution in [1.29, 1.82) is 0 Å². The number of hydrogen-bond acceptors (Lipinski definition) is 7. The van der Waals surface area contributed by atoms with Gasteiger partial charge in [-0.15, -0.1) is 0 Å². The number of carbonyl (C=O) groups excluding carboxylic acids is 1. The second-order valence-electron chi connectivity index (χ2n) is 14.7. The van der Waals surface area contributed by atoms with Crippen LogP contribution in [0.5, 0.6) is 5.75 Å². The van der Waals surface area contributed by atoms with Gasteiger partial charge in [0.2, 0.25) is 15.9 Å². The number of nitrogens with one attached hydrogen (secondary N) is 3. The molecule has 4 aromatic rings. The molecular weight excluding hydrogens is 679 g/mol. The van der Waals surface area contributed by atoms with Crippen LogP contribution in [0.4, 0.5) is 0 Å².